The van der Waals surface area contributed by atoms with E-state index in [-0.39, 0.29) is 0 Å². The highest BCUT2D eigenvalue weighted by Crippen LogP contribution is 2.28. The van der Waals surface area contributed by atoms with Crippen molar-refractivity contribution in [3.8, 4) is 0 Å². The summed E-state index contributed by atoms with van der Waals surface area (Å²) >= 11 is 6.18. The minimum absolute atomic E-state index is 0.370. The Morgan fingerprint density at radius 2 is 2.20 bits per heavy atom. The van der Waals surface area contributed by atoms with Gasteiger partial charge in [0.1, 0.15) is 0 Å². The fourth-order valence-electron chi connectivity index (χ4n) is 1.63. The van der Waals surface area contributed by atoms with Gasteiger partial charge in [0, 0.05) is 12.6 Å². The molecule has 0 aromatic carbocycles. The van der Waals surface area contributed by atoms with Gasteiger partial charge >= 0.3 is 0 Å². The Labute approximate surface area is 68.4 Å². The van der Waals surface area contributed by atoms with Gasteiger partial charge < -0.3 is 4.90 Å². The van der Waals surface area contributed by atoms with Crippen LogP contribution in [0.1, 0.15) is 20.3 Å². The molecule has 0 spiro atoms. The van der Waals surface area contributed by atoms with Crippen LogP contribution >= 0.6 is 11.6 Å². The quantitative estimate of drug-likeness (QED) is 0.532. The molecule has 10 heavy (non-hydrogen) atoms. The summed E-state index contributed by atoms with van der Waals surface area (Å²) in [6, 6.07) is 0.562. The first-order valence-corrected chi connectivity index (χ1v) is 4.44. The van der Waals surface area contributed by atoms with Crippen LogP contribution < -0.4 is 0 Å². The Morgan fingerprint density at radius 1 is 1.60 bits per heavy atom. The van der Waals surface area contributed by atoms with Crippen LogP contribution in [0.4, 0.5) is 0 Å². The maximum atomic E-state index is 6.18. The summed E-state index contributed by atoms with van der Waals surface area (Å²) in [7, 11) is 2.15. The van der Waals surface area contributed by atoms with E-state index in [2.05, 4.69) is 25.8 Å². The highest BCUT2D eigenvalue weighted by Gasteiger charge is 2.34. The van der Waals surface area contributed by atoms with Crippen molar-refractivity contribution in [2.45, 2.75) is 31.7 Å². The maximum absolute atomic E-state index is 6.18. The summed E-state index contributed by atoms with van der Waals surface area (Å²) in [5.41, 5.74) is 0. The van der Waals surface area contributed by atoms with Crippen molar-refractivity contribution in [2.24, 2.45) is 5.92 Å². The summed E-state index contributed by atoms with van der Waals surface area (Å²) in [4.78, 5) is 2.34. The third-order valence-electron chi connectivity index (χ3n) is 2.65. The monoisotopic (exact) mass is 161 g/mol. The van der Waals surface area contributed by atoms with Crippen molar-refractivity contribution in [3.63, 3.8) is 0 Å². The molecule has 1 nitrogen and oxygen atoms in total. The minimum Gasteiger partial charge on any atom is -0.302 e. The number of hydrogen-bond acceptors (Lipinski definition) is 1. The van der Waals surface area contributed by atoms with Crippen LogP contribution in [-0.2, 0) is 0 Å². The van der Waals surface area contributed by atoms with Crippen LogP contribution in [0.5, 0.6) is 0 Å². The van der Waals surface area contributed by atoms with Gasteiger partial charge in [0.15, 0.2) is 0 Å². The molecule has 1 heterocycles. The molecule has 2 unspecified atom stereocenters. The largest absolute Gasteiger partial charge is 0.302 e. The Hall–Kier alpha value is 0.250. The van der Waals surface area contributed by atoms with E-state index in [0.29, 0.717) is 17.3 Å². The molecule has 0 N–H and O–H groups in total. The van der Waals surface area contributed by atoms with Gasteiger partial charge in [-0.1, -0.05) is 13.3 Å². The van der Waals surface area contributed by atoms with E-state index >= 15 is 0 Å². The molecular weight excluding hydrogens is 146 g/mol. The van der Waals surface area contributed by atoms with Gasteiger partial charge in [-0.2, -0.15) is 0 Å². The molecule has 1 aliphatic heterocycles. The minimum atomic E-state index is 0.370. The first-order chi connectivity index (χ1) is 4.66. The van der Waals surface area contributed by atoms with E-state index in [1.807, 2.05) is 0 Å². The molecule has 0 aliphatic carbocycles. The van der Waals surface area contributed by atoms with Crippen LogP contribution in [0.25, 0.3) is 0 Å². The predicted molar refractivity (Wildman–Crippen MR) is 45.5 cm³/mol. The average molecular weight is 162 g/mol. The third-order valence-corrected chi connectivity index (χ3v) is 3.37. The number of nitrogens with zero attached hydrogens (tertiary/aromatic N) is 1. The van der Waals surface area contributed by atoms with E-state index in [1.54, 1.807) is 0 Å². The molecule has 0 radical (unpaired) electrons. The second-order valence-corrected chi connectivity index (χ2v) is 3.80. The highest BCUT2D eigenvalue weighted by atomic mass is 35.5. The van der Waals surface area contributed by atoms with E-state index in [1.165, 1.54) is 13.0 Å². The van der Waals surface area contributed by atoms with Crippen molar-refractivity contribution in [3.05, 3.63) is 0 Å². The number of likely N-dealkylation sites (tertiary alicyclic amines) is 1. The maximum Gasteiger partial charge on any atom is 0.0528 e. The molecule has 2 heteroatoms. The van der Waals surface area contributed by atoms with Crippen LogP contribution in [0.3, 0.4) is 0 Å². The molecule has 3 atom stereocenters. The highest BCUT2D eigenvalue weighted by molar-refractivity contribution is 6.21. The zero-order chi connectivity index (χ0) is 7.72. The van der Waals surface area contributed by atoms with E-state index in [0.717, 1.165) is 0 Å². The van der Waals surface area contributed by atoms with Gasteiger partial charge in [-0.15, -0.1) is 11.6 Å². The second-order valence-electron chi connectivity index (χ2n) is 3.29. The lowest BCUT2D eigenvalue weighted by Crippen LogP contribution is -2.26. The number of alkyl halides is 1. The Kier molecular flexibility index (Phi) is 2.59. The number of rotatable bonds is 1. The van der Waals surface area contributed by atoms with Crippen molar-refractivity contribution < 1.29 is 0 Å². The van der Waals surface area contributed by atoms with Gasteiger partial charge in [0.2, 0.25) is 0 Å². The lowest BCUT2D eigenvalue weighted by Gasteiger charge is -2.15. The molecule has 1 saturated heterocycles. The van der Waals surface area contributed by atoms with Crippen LogP contribution in [0, 0.1) is 5.92 Å². The molecular formula is C8H16ClN. The van der Waals surface area contributed by atoms with Crippen LogP contribution in [0.15, 0.2) is 0 Å². The van der Waals surface area contributed by atoms with Gasteiger partial charge in [0.25, 0.3) is 0 Å². The van der Waals surface area contributed by atoms with Gasteiger partial charge in [-0.05, 0) is 19.9 Å². The molecule has 0 aromatic heterocycles. The molecule has 0 amide bonds. The lowest BCUT2D eigenvalue weighted by atomic mass is 10.0. The SMILES string of the molecule is CC[C@@H]1CN(C)C(C)C1Cl. The topological polar surface area (TPSA) is 3.24 Å². The van der Waals surface area contributed by atoms with E-state index in [4.69, 9.17) is 11.6 Å². The zero-order valence-electron chi connectivity index (χ0n) is 6.97. The number of halogens is 1. The van der Waals surface area contributed by atoms with Crippen molar-refractivity contribution in [1.29, 1.82) is 0 Å². The van der Waals surface area contributed by atoms with Crippen molar-refractivity contribution >= 4 is 11.6 Å². The molecule has 0 saturated carbocycles. The van der Waals surface area contributed by atoms with Crippen molar-refractivity contribution in [2.75, 3.05) is 13.6 Å². The van der Waals surface area contributed by atoms with Gasteiger partial charge in [-0.25, -0.2) is 0 Å². The Balaban J connectivity index is 2.53. The Bertz CT molecular complexity index is 116. The predicted octanol–water partition coefficient (Wildman–Crippen LogP) is 1.95. The summed E-state index contributed by atoms with van der Waals surface area (Å²) in [5, 5.41) is 0.370. The van der Waals surface area contributed by atoms with Crippen molar-refractivity contribution in [1.82, 2.24) is 4.90 Å². The molecule has 60 valence electrons. The Morgan fingerprint density at radius 3 is 2.40 bits per heavy atom. The summed E-state index contributed by atoms with van der Waals surface area (Å²) in [5.74, 6) is 0.710. The van der Waals surface area contributed by atoms with E-state index in [9.17, 15) is 0 Å². The third kappa shape index (κ3) is 1.30. The number of hydrogen-bond donors (Lipinski definition) is 0. The molecule has 0 bridgehead atoms. The summed E-state index contributed by atoms with van der Waals surface area (Å²) < 4.78 is 0. The smallest absolute Gasteiger partial charge is 0.0528 e. The fraction of sp³-hybridized carbons (Fsp3) is 1.00. The van der Waals surface area contributed by atoms with Crippen LogP contribution in [-0.4, -0.2) is 29.9 Å². The molecule has 0 aromatic rings. The first-order valence-electron chi connectivity index (χ1n) is 4.01. The second kappa shape index (κ2) is 3.10. The van der Waals surface area contributed by atoms with Crippen LogP contribution in [0.2, 0.25) is 0 Å². The zero-order valence-corrected chi connectivity index (χ0v) is 7.73. The fourth-order valence-corrected chi connectivity index (χ4v) is 2.08. The molecule has 1 aliphatic rings. The lowest BCUT2D eigenvalue weighted by molar-refractivity contribution is 0.325. The summed E-state index contributed by atoms with van der Waals surface area (Å²) in [6.07, 6.45) is 1.21. The van der Waals surface area contributed by atoms with Gasteiger partial charge in [0.05, 0.1) is 5.38 Å². The van der Waals surface area contributed by atoms with Gasteiger partial charge in [-0.3, -0.25) is 0 Å². The van der Waals surface area contributed by atoms with E-state index < -0.39 is 0 Å². The molecule has 1 fully saturated rings. The first kappa shape index (κ1) is 8.35. The summed E-state index contributed by atoms with van der Waals surface area (Å²) in [6.45, 7) is 5.59. The standard InChI is InChI=1S/C8H16ClN/c1-4-7-5-10(3)6(2)8(7)9/h6-8H,4-5H2,1-3H3/t6?,7-,8?/m1/s1. The normalized spacial score (nSPS) is 42.6. The molecule has 1 rings (SSSR count). The average Bonchev–Trinajstić information content (AvgIpc) is 2.17.